The van der Waals surface area contributed by atoms with Crippen molar-refractivity contribution in [1.29, 1.82) is 0 Å². The topological polar surface area (TPSA) is 94.1 Å². The predicted molar refractivity (Wildman–Crippen MR) is 100 cm³/mol. The van der Waals surface area contributed by atoms with Crippen molar-refractivity contribution >= 4 is 24.0 Å². The van der Waals surface area contributed by atoms with E-state index < -0.39 is 17.2 Å². The maximum absolute atomic E-state index is 12.2. The van der Waals surface area contributed by atoms with Gasteiger partial charge in [-0.15, -0.1) is 0 Å². The fourth-order valence-corrected chi connectivity index (χ4v) is 3.62. The maximum atomic E-state index is 12.2. The number of carbonyl (C=O) groups excluding carboxylic acids is 2. The van der Waals surface area contributed by atoms with Gasteiger partial charge >= 0.3 is 41.5 Å². The van der Waals surface area contributed by atoms with Crippen molar-refractivity contribution in [1.82, 2.24) is 0 Å². The number of carbonyl (C=O) groups is 2. The molecule has 9 heteroatoms. The quantitative estimate of drug-likeness (QED) is 0.0937. The first-order valence-corrected chi connectivity index (χ1v) is 10.9. The van der Waals surface area contributed by atoms with Crippen molar-refractivity contribution in [3.05, 3.63) is 0 Å². The third-order valence-corrected chi connectivity index (χ3v) is 5.47. The number of hydrogen-bond acceptors (Lipinski definition) is 8. The first-order chi connectivity index (χ1) is 13.2. The third-order valence-electron chi connectivity index (χ3n) is 4.75. The Bertz CT molecular complexity index is 406. The second kappa shape index (κ2) is 19.2. The molecule has 1 saturated carbocycles. The van der Waals surface area contributed by atoms with Gasteiger partial charge in [-0.2, -0.15) is 4.33 Å². The number of rotatable bonds is 15. The first kappa shape index (κ1) is 28.2. The van der Waals surface area contributed by atoms with Crippen LogP contribution < -0.4 is 34.8 Å². The monoisotopic (exact) mass is 428 g/mol. The molecule has 1 fully saturated rings. The Morgan fingerprint density at radius 1 is 1.04 bits per heavy atom. The molecular weight excluding hydrogens is 395 g/mol. The van der Waals surface area contributed by atoms with Crippen molar-refractivity contribution in [3.63, 3.8) is 0 Å². The minimum absolute atomic E-state index is 0. The summed E-state index contributed by atoms with van der Waals surface area (Å²) < 4.78 is 14.7. The molecule has 0 aromatic heterocycles. The Morgan fingerprint density at radius 3 is 2.39 bits per heavy atom. The second-order valence-corrected chi connectivity index (χ2v) is 7.94. The van der Waals surface area contributed by atoms with Gasteiger partial charge in [-0.05, 0) is 25.2 Å². The summed E-state index contributed by atoms with van der Waals surface area (Å²) >= 11 is 0.487. The SMILES string of the molecule is CCCCCCCCOC(=O)CC(SOO[O-])C(=O)OCC1CCCCC1.[Na+]. The Hall–Kier alpha value is 0.170. The normalized spacial score (nSPS) is 15.5. The Morgan fingerprint density at radius 2 is 1.71 bits per heavy atom. The van der Waals surface area contributed by atoms with Gasteiger partial charge in [0.2, 0.25) is 0 Å². The molecule has 0 spiro atoms. The molecule has 158 valence electrons. The van der Waals surface area contributed by atoms with Crippen LogP contribution in [0.25, 0.3) is 0 Å². The van der Waals surface area contributed by atoms with E-state index >= 15 is 0 Å². The fraction of sp³-hybridized carbons (Fsp3) is 0.895. The van der Waals surface area contributed by atoms with Crippen LogP contribution in [0.5, 0.6) is 0 Å². The van der Waals surface area contributed by atoms with Gasteiger partial charge in [-0.1, -0.05) is 58.3 Å². The zero-order valence-corrected chi connectivity index (χ0v) is 20.1. The van der Waals surface area contributed by atoms with E-state index in [0.717, 1.165) is 44.9 Å². The van der Waals surface area contributed by atoms with Crippen LogP contribution in [0, 0.1) is 5.92 Å². The smallest absolute Gasteiger partial charge is 0.691 e. The number of ether oxygens (including phenoxy) is 2. The van der Waals surface area contributed by atoms with Gasteiger partial charge in [0.05, 0.1) is 19.6 Å². The average molecular weight is 429 g/mol. The summed E-state index contributed by atoms with van der Waals surface area (Å²) in [6.45, 7) is 2.83. The van der Waals surface area contributed by atoms with E-state index in [4.69, 9.17) is 9.47 Å². The summed E-state index contributed by atoms with van der Waals surface area (Å²) in [5.74, 6) is -0.728. The maximum Gasteiger partial charge on any atom is 1.00 e. The molecule has 0 aliphatic heterocycles. The number of esters is 2. The molecule has 1 aliphatic carbocycles. The molecule has 1 unspecified atom stereocenters. The van der Waals surface area contributed by atoms with Crippen molar-refractivity contribution in [2.24, 2.45) is 5.92 Å². The zero-order chi connectivity index (χ0) is 19.7. The van der Waals surface area contributed by atoms with Gasteiger partial charge in [0.15, 0.2) is 0 Å². The molecule has 0 bridgehead atoms. The molecular formula is C19H33NaO7S. The predicted octanol–water partition coefficient (Wildman–Crippen LogP) is 0.648. The summed E-state index contributed by atoms with van der Waals surface area (Å²) in [6.07, 6.45) is 12.0. The van der Waals surface area contributed by atoms with Crippen LogP contribution in [0.3, 0.4) is 0 Å². The standard InChI is InChI=1S/C19H34O7S.Na/c1-2-3-4-5-6-10-13-23-18(20)14-17(27-26-25-22)19(21)24-15-16-11-8-7-9-12-16;/h16-17,22H,2-15H2,1H3;/q;+1/p-1. The Balaban J connectivity index is 0.00000729. The zero-order valence-electron chi connectivity index (χ0n) is 17.3. The summed E-state index contributed by atoms with van der Waals surface area (Å²) in [5.41, 5.74) is 0. The van der Waals surface area contributed by atoms with Crippen LogP contribution in [-0.2, 0) is 28.4 Å². The van der Waals surface area contributed by atoms with Crippen LogP contribution in [-0.4, -0.2) is 30.4 Å². The molecule has 1 rings (SSSR count). The summed E-state index contributed by atoms with van der Waals surface area (Å²) in [6, 6.07) is 0. The molecule has 0 heterocycles. The van der Waals surface area contributed by atoms with E-state index in [9.17, 15) is 14.8 Å². The van der Waals surface area contributed by atoms with E-state index in [0.29, 0.717) is 31.2 Å². The van der Waals surface area contributed by atoms with Crippen LogP contribution >= 0.6 is 12.0 Å². The van der Waals surface area contributed by atoms with Gasteiger partial charge in [-0.25, -0.2) is 0 Å². The van der Waals surface area contributed by atoms with Crippen LogP contribution in [0.15, 0.2) is 0 Å². The van der Waals surface area contributed by atoms with Crippen LogP contribution in [0.2, 0.25) is 0 Å². The molecule has 0 N–H and O–H groups in total. The van der Waals surface area contributed by atoms with Gasteiger partial charge in [0.1, 0.15) is 5.25 Å². The molecule has 1 aliphatic rings. The molecule has 0 amide bonds. The van der Waals surface area contributed by atoms with E-state index in [1.165, 1.54) is 25.7 Å². The second-order valence-electron chi connectivity index (χ2n) is 7.05. The van der Waals surface area contributed by atoms with E-state index in [1.54, 1.807) is 0 Å². The van der Waals surface area contributed by atoms with Gasteiger partial charge in [0.25, 0.3) is 0 Å². The van der Waals surface area contributed by atoms with Crippen LogP contribution in [0.1, 0.15) is 84.0 Å². The molecule has 0 saturated heterocycles. The first-order valence-electron chi connectivity index (χ1n) is 10.1. The minimum Gasteiger partial charge on any atom is -0.691 e. The van der Waals surface area contributed by atoms with Gasteiger partial charge in [0, 0.05) is 12.0 Å². The molecule has 28 heavy (non-hydrogen) atoms. The summed E-state index contributed by atoms with van der Waals surface area (Å²) in [5, 5.41) is 12.4. The molecule has 1 atom stereocenters. The third kappa shape index (κ3) is 14.2. The largest absolute Gasteiger partial charge is 1.00 e. The van der Waals surface area contributed by atoms with E-state index in [-0.39, 0.29) is 36.0 Å². The van der Waals surface area contributed by atoms with Gasteiger partial charge in [-0.3, -0.25) is 14.6 Å². The Kier molecular flexibility index (Phi) is 19.3. The Labute approximate surface area is 194 Å². The fourth-order valence-electron chi connectivity index (χ4n) is 3.15. The molecule has 7 nitrogen and oxygen atoms in total. The van der Waals surface area contributed by atoms with Crippen LogP contribution in [0.4, 0.5) is 0 Å². The molecule has 0 aromatic rings. The van der Waals surface area contributed by atoms with E-state index in [1.807, 2.05) is 0 Å². The van der Waals surface area contributed by atoms with Crippen molar-refractivity contribution in [3.8, 4) is 0 Å². The minimum atomic E-state index is -0.973. The molecule has 0 aromatic carbocycles. The van der Waals surface area contributed by atoms with Gasteiger partial charge < -0.3 is 14.7 Å². The van der Waals surface area contributed by atoms with Crippen molar-refractivity contribution in [2.75, 3.05) is 13.2 Å². The van der Waals surface area contributed by atoms with E-state index in [2.05, 4.69) is 16.3 Å². The van der Waals surface area contributed by atoms with Crippen molar-refractivity contribution < 1.29 is 63.2 Å². The average Bonchev–Trinajstić information content (AvgIpc) is 2.69. The number of hydrogen-bond donors (Lipinski definition) is 0. The summed E-state index contributed by atoms with van der Waals surface area (Å²) in [4.78, 5) is 24.2. The van der Waals surface area contributed by atoms with Crippen molar-refractivity contribution in [2.45, 2.75) is 89.2 Å². The summed E-state index contributed by atoms with van der Waals surface area (Å²) in [7, 11) is 0. The molecule has 0 radical (unpaired) electrons. The number of unbranched alkanes of at least 4 members (excludes halogenated alkanes) is 5.